The number of furan rings is 1. The van der Waals surface area contributed by atoms with E-state index in [1.807, 2.05) is 0 Å². The first-order valence-electron chi connectivity index (χ1n) is 6.13. The Bertz CT molecular complexity index is 876. The number of pyridine rings is 1. The smallest absolute Gasteiger partial charge is 0.240 e. The van der Waals surface area contributed by atoms with Crippen LogP contribution in [0.25, 0.3) is 10.9 Å². The third-order valence-electron chi connectivity index (χ3n) is 2.95. The summed E-state index contributed by atoms with van der Waals surface area (Å²) in [7, 11) is -3.61. The molecule has 5 nitrogen and oxygen atoms in total. The van der Waals surface area contributed by atoms with Crippen LogP contribution in [0, 0.1) is 0 Å². The van der Waals surface area contributed by atoms with E-state index in [1.165, 1.54) is 12.3 Å². The van der Waals surface area contributed by atoms with Gasteiger partial charge in [-0.25, -0.2) is 18.1 Å². The highest BCUT2D eigenvalue weighted by atomic mass is 35.5. The summed E-state index contributed by atoms with van der Waals surface area (Å²) in [6.07, 6.45) is 1.50. The van der Waals surface area contributed by atoms with Crippen molar-refractivity contribution >= 4 is 32.5 Å². The van der Waals surface area contributed by atoms with Crippen LogP contribution in [0.5, 0.6) is 0 Å². The van der Waals surface area contributed by atoms with Crippen molar-refractivity contribution in [2.24, 2.45) is 0 Å². The maximum absolute atomic E-state index is 12.2. The molecule has 0 bridgehead atoms. The lowest BCUT2D eigenvalue weighted by atomic mass is 10.2. The van der Waals surface area contributed by atoms with E-state index in [1.54, 1.807) is 36.4 Å². The lowest BCUT2D eigenvalue weighted by Crippen LogP contribution is -2.22. The molecule has 0 saturated carbocycles. The van der Waals surface area contributed by atoms with Gasteiger partial charge in [-0.1, -0.05) is 11.6 Å². The number of halogens is 1. The molecule has 2 aromatic heterocycles. The summed E-state index contributed by atoms with van der Waals surface area (Å²) < 4.78 is 32.1. The average molecular weight is 323 g/mol. The van der Waals surface area contributed by atoms with Gasteiger partial charge in [0.1, 0.15) is 10.9 Å². The van der Waals surface area contributed by atoms with Crippen LogP contribution in [-0.4, -0.2) is 13.4 Å². The summed E-state index contributed by atoms with van der Waals surface area (Å²) in [5, 5.41) is 1.08. The Morgan fingerprint density at radius 1 is 1.19 bits per heavy atom. The fraction of sp³-hybridized carbons (Fsp3) is 0.0714. The van der Waals surface area contributed by atoms with Crippen LogP contribution in [0.15, 0.2) is 58.0 Å². The number of nitrogens with one attached hydrogen (secondary N) is 1. The highest BCUT2D eigenvalue weighted by Crippen LogP contribution is 2.20. The van der Waals surface area contributed by atoms with E-state index in [4.69, 9.17) is 16.0 Å². The molecule has 0 unspecified atom stereocenters. The molecular formula is C14H11ClN2O3S. The first-order chi connectivity index (χ1) is 10.0. The molecule has 7 heteroatoms. The van der Waals surface area contributed by atoms with E-state index in [-0.39, 0.29) is 11.4 Å². The summed E-state index contributed by atoms with van der Waals surface area (Å²) in [5.74, 6) is 0.549. The SMILES string of the molecule is O=S(=O)(NCc1ccco1)c1ccc2nc(Cl)ccc2c1. The van der Waals surface area contributed by atoms with E-state index in [9.17, 15) is 8.42 Å². The molecule has 2 heterocycles. The van der Waals surface area contributed by atoms with Gasteiger partial charge in [0.15, 0.2) is 0 Å². The Kier molecular flexibility index (Phi) is 3.67. The van der Waals surface area contributed by atoms with Gasteiger partial charge in [-0.2, -0.15) is 0 Å². The number of rotatable bonds is 4. The van der Waals surface area contributed by atoms with Crippen LogP contribution < -0.4 is 4.72 Å². The summed E-state index contributed by atoms with van der Waals surface area (Å²) >= 11 is 5.80. The fourth-order valence-corrected chi connectivity index (χ4v) is 3.09. The molecule has 0 saturated heterocycles. The zero-order chi connectivity index (χ0) is 14.9. The Morgan fingerprint density at radius 3 is 2.81 bits per heavy atom. The van der Waals surface area contributed by atoms with E-state index < -0.39 is 10.0 Å². The largest absolute Gasteiger partial charge is 0.468 e. The monoisotopic (exact) mass is 322 g/mol. The summed E-state index contributed by atoms with van der Waals surface area (Å²) in [4.78, 5) is 4.29. The Balaban J connectivity index is 1.89. The van der Waals surface area contributed by atoms with Crippen molar-refractivity contribution in [2.45, 2.75) is 11.4 Å². The van der Waals surface area contributed by atoms with Gasteiger partial charge in [0.2, 0.25) is 10.0 Å². The van der Waals surface area contributed by atoms with E-state index in [0.717, 1.165) is 0 Å². The molecule has 1 aromatic carbocycles. The van der Waals surface area contributed by atoms with Crippen LogP contribution in [-0.2, 0) is 16.6 Å². The number of hydrogen-bond acceptors (Lipinski definition) is 4. The maximum Gasteiger partial charge on any atom is 0.240 e. The molecule has 108 valence electrons. The predicted molar refractivity (Wildman–Crippen MR) is 79.5 cm³/mol. The molecule has 0 amide bonds. The molecule has 1 N–H and O–H groups in total. The molecular weight excluding hydrogens is 312 g/mol. The fourth-order valence-electron chi connectivity index (χ4n) is 1.91. The number of fused-ring (bicyclic) bond motifs is 1. The van der Waals surface area contributed by atoms with Gasteiger partial charge >= 0.3 is 0 Å². The van der Waals surface area contributed by atoms with Crippen molar-refractivity contribution in [1.29, 1.82) is 0 Å². The summed E-state index contributed by atoms with van der Waals surface area (Å²) in [6, 6.07) is 11.4. The van der Waals surface area contributed by atoms with E-state index in [2.05, 4.69) is 9.71 Å². The zero-order valence-electron chi connectivity index (χ0n) is 10.8. The van der Waals surface area contributed by atoms with Gasteiger partial charge in [-0.15, -0.1) is 0 Å². The van der Waals surface area contributed by atoms with Gasteiger partial charge in [0.25, 0.3) is 0 Å². The average Bonchev–Trinajstić information content (AvgIpc) is 2.98. The minimum atomic E-state index is -3.61. The predicted octanol–water partition coefficient (Wildman–Crippen LogP) is 2.96. The van der Waals surface area contributed by atoms with Crippen molar-refractivity contribution < 1.29 is 12.8 Å². The van der Waals surface area contributed by atoms with Crippen molar-refractivity contribution in [3.05, 3.63) is 59.6 Å². The van der Waals surface area contributed by atoms with Crippen molar-refractivity contribution in [3.8, 4) is 0 Å². The standard InChI is InChI=1S/C14H11ClN2O3S/c15-14-6-3-10-8-12(4-5-13(10)17-14)21(18,19)16-9-11-2-1-7-20-11/h1-8,16H,9H2. The van der Waals surface area contributed by atoms with Crippen LogP contribution in [0.3, 0.4) is 0 Å². The first-order valence-corrected chi connectivity index (χ1v) is 7.99. The third kappa shape index (κ3) is 3.07. The quantitative estimate of drug-likeness (QED) is 0.750. The topological polar surface area (TPSA) is 72.2 Å². The first kappa shape index (κ1) is 14.1. The van der Waals surface area contributed by atoms with Crippen molar-refractivity contribution in [1.82, 2.24) is 9.71 Å². The third-order valence-corrected chi connectivity index (χ3v) is 4.56. The van der Waals surface area contributed by atoms with E-state index >= 15 is 0 Å². The van der Waals surface area contributed by atoms with Gasteiger partial charge in [-0.3, -0.25) is 0 Å². The van der Waals surface area contributed by atoms with E-state index in [0.29, 0.717) is 21.8 Å². The number of nitrogens with zero attached hydrogens (tertiary/aromatic N) is 1. The second-order valence-corrected chi connectivity index (χ2v) is 6.55. The minimum Gasteiger partial charge on any atom is -0.468 e. The van der Waals surface area contributed by atoms with Gasteiger partial charge in [-0.05, 0) is 42.5 Å². The van der Waals surface area contributed by atoms with Crippen LogP contribution in [0.1, 0.15) is 5.76 Å². The molecule has 21 heavy (non-hydrogen) atoms. The van der Waals surface area contributed by atoms with Gasteiger partial charge < -0.3 is 4.42 Å². The summed E-state index contributed by atoms with van der Waals surface area (Å²) in [6.45, 7) is 0.103. The Hall–Kier alpha value is -1.89. The number of sulfonamides is 1. The molecule has 0 fully saturated rings. The summed E-state index contributed by atoms with van der Waals surface area (Å²) in [5.41, 5.74) is 0.646. The lowest BCUT2D eigenvalue weighted by Gasteiger charge is -2.06. The number of benzene rings is 1. The molecule has 0 aliphatic carbocycles. The van der Waals surface area contributed by atoms with Crippen LogP contribution in [0.2, 0.25) is 5.15 Å². The van der Waals surface area contributed by atoms with Crippen LogP contribution >= 0.6 is 11.6 Å². The molecule has 0 spiro atoms. The molecule has 0 aliphatic heterocycles. The van der Waals surface area contributed by atoms with Gasteiger partial charge in [0.05, 0.1) is 23.2 Å². The zero-order valence-corrected chi connectivity index (χ0v) is 12.4. The van der Waals surface area contributed by atoms with Crippen molar-refractivity contribution in [2.75, 3.05) is 0 Å². The highest BCUT2D eigenvalue weighted by molar-refractivity contribution is 7.89. The number of aromatic nitrogens is 1. The highest BCUT2D eigenvalue weighted by Gasteiger charge is 2.15. The number of hydrogen-bond donors (Lipinski definition) is 1. The maximum atomic E-state index is 12.2. The molecule has 3 aromatic rings. The normalized spacial score (nSPS) is 11.9. The lowest BCUT2D eigenvalue weighted by molar-refractivity contribution is 0.498. The Labute approximate surface area is 126 Å². The second-order valence-electron chi connectivity index (χ2n) is 4.39. The Morgan fingerprint density at radius 2 is 2.05 bits per heavy atom. The van der Waals surface area contributed by atoms with Crippen molar-refractivity contribution in [3.63, 3.8) is 0 Å². The van der Waals surface area contributed by atoms with Crippen LogP contribution in [0.4, 0.5) is 0 Å². The minimum absolute atomic E-state index is 0.103. The van der Waals surface area contributed by atoms with Gasteiger partial charge in [0, 0.05) is 5.39 Å². The molecule has 0 radical (unpaired) electrons. The molecule has 0 aliphatic rings. The molecule has 3 rings (SSSR count). The second kappa shape index (κ2) is 5.48. The molecule has 0 atom stereocenters.